The molecule has 1 N–H and O–H groups in total. The predicted octanol–water partition coefficient (Wildman–Crippen LogP) is 1.18. The maximum Gasteiger partial charge on any atom is 0.328 e. The van der Waals surface area contributed by atoms with Crippen molar-refractivity contribution in [2.75, 3.05) is 26.7 Å². The number of carbonyl (C=O) groups excluding carboxylic acids is 2. The highest BCUT2D eigenvalue weighted by Crippen LogP contribution is 2.36. The van der Waals surface area contributed by atoms with Crippen LogP contribution in [0.15, 0.2) is 0 Å². The number of nitrogens with zero attached hydrogens (tertiary/aromatic N) is 1. The third-order valence-corrected chi connectivity index (χ3v) is 4.86. The zero-order chi connectivity index (χ0) is 14.8. The number of esters is 1. The van der Waals surface area contributed by atoms with Crippen LogP contribution in [0.1, 0.15) is 39.5 Å². The number of carbonyl (C=O) groups is 2. The van der Waals surface area contributed by atoms with Gasteiger partial charge in [-0.3, -0.25) is 4.79 Å². The van der Waals surface area contributed by atoms with Gasteiger partial charge in [-0.25, -0.2) is 4.79 Å². The van der Waals surface area contributed by atoms with Gasteiger partial charge in [0.05, 0.1) is 7.11 Å². The molecule has 2 heterocycles. The molecule has 0 aromatic rings. The molecule has 5 nitrogen and oxygen atoms in total. The monoisotopic (exact) mass is 282 g/mol. The maximum atomic E-state index is 12.9. The zero-order valence-corrected chi connectivity index (χ0v) is 12.8. The quantitative estimate of drug-likeness (QED) is 0.790. The minimum atomic E-state index is -0.427. The lowest BCUT2D eigenvalue weighted by Gasteiger charge is -2.39. The molecule has 114 valence electrons. The summed E-state index contributed by atoms with van der Waals surface area (Å²) < 4.78 is 4.83. The molecule has 2 aliphatic heterocycles. The first-order valence-corrected chi connectivity index (χ1v) is 7.58. The number of hydrogen-bond donors (Lipinski definition) is 1. The molecule has 2 unspecified atom stereocenters. The van der Waals surface area contributed by atoms with Gasteiger partial charge in [-0.1, -0.05) is 13.8 Å². The van der Waals surface area contributed by atoms with Crippen molar-refractivity contribution in [2.24, 2.45) is 11.3 Å². The van der Waals surface area contributed by atoms with Crippen molar-refractivity contribution in [3.8, 4) is 0 Å². The van der Waals surface area contributed by atoms with Gasteiger partial charge in [0.15, 0.2) is 0 Å². The summed E-state index contributed by atoms with van der Waals surface area (Å²) in [6.07, 6.45) is 3.78. The molecule has 0 radical (unpaired) electrons. The molecule has 2 saturated heterocycles. The average molecular weight is 282 g/mol. The Morgan fingerprint density at radius 1 is 1.25 bits per heavy atom. The number of ether oxygens (including phenoxy) is 1. The predicted molar refractivity (Wildman–Crippen MR) is 76.1 cm³/mol. The lowest BCUT2D eigenvalue weighted by molar-refractivity contribution is -0.156. The van der Waals surface area contributed by atoms with Crippen molar-refractivity contribution in [2.45, 2.75) is 45.6 Å². The molecule has 1 amide bonds. The van der Waals surface area contributed by atoms with Crippen molar-refractivity contribution < 1.29 is 14.3 Å². The number of hydrogen-bond acceptors (Lipinski definition) is 4. The van der Waals surface area contributed by atoms with Crippen LogP contribution < -0.4 is 5.32 Å². The van der Waals surface area contributed by atoms with Gasteiger partial charge in [0.1, 0.15) is 6.04 Å². The van der Waals surface area contributed by atoms with Gasteiger partial charge in [-0.05, 0) is 44.7 Å². The van der Waals surface area contributed by atoms with Gasteiger partial charge in [0, 0.05) is 12.0 Å². The van der Waals surface area contributed by atoms with Crippen LogP contribution in [0.2, 0.25) is 0 Å². The number of likely N-dealkylation sites (tertiary alicyclic amines) is 1. The number of amides is 1. The molecule has 2 fully saturated rings. The zero-order valence-electron chi connectivity index (χ0n) is 12.8. The Morgan fingerprint density at radius 3 is 2.60 bits per heavy atom. The molecule has 5 heteroatoms. The van der Waals surface area contributed by atoms with E-state index >= 15 is 0 Å². The van der Waals surface area contributed by atoms with Gasteiger partial charge in [-0.2, -0.15) is 0 Å². The molecular weight excluding hydrogens is 256 g/mol. The summed E-state index contributed by atoms with van der Waals surface area (Å²) in [6.45, 7) is 6.62. The van der Waals surface area contributed by atoms with E-state index in [1.54, 1.807) is 4.90 Å². The maximum absolute atomic E-state index is 12.9. The Morgan fingerprint density at radius 2 is 2.00 bits per heavy atom. The minimum absolute atomic E-state index is 0.0964. The van der Waals surface area contributed by atoms with Gasteiger partial charge in [0.2, 0.25) is 5.91 Å². The molecule has 2 rings (SSSR count). The fourth-order valence-corrected chi connectivity index (χ4v) is 3.40. The Balaban J connectivity index is 2.10. The third kappa shape index (κ3) is 2.82. The van der Waals surface area contributed by atoms with Crippen LogP contribution in [0.4, 0.5) is 0 Å². The summed E-state index contributed by atoms with van der Waals surface area (Å²) in [7, 11) is 1.39. The lowest BCUT2D eigenvalue weighted by atomic mass is 9.74. The van der Waals surface area contributed by atoms with E-state index in [4.69, 9.17) is 4.74 Å². The average Bonchev–Trinajstić information content (AvgIpc) is 2.95. The second kappa shape index (κ2) is 6.12. The van der Waals surface area contributed by atoms with Gasteiger partial charge >= 0.3 is 5.97 Å². The molecule has 2 atom stereocenters. The highest BCUT2D eigenvalue weighted by atomic mass is 16.5. The van der Waals surface area contributed by atoms with E-state index in [0.29, 0.717) is 12.5 Å². The highest BCUT2D eigenvalue weighted by molar-refractivity contribution is 5.88. The molecule has 0 bridgehead atoms. The summed E-state index contributed by atoms with van der Waals surface area (Å²) >= 11 is 0. The molecule has 2 aliphatic rings. The Labute approximate surface area is 121 Å². The van der Waals surface area contributed by atoms with E-state index in [2.05, 4.69) is 5.32 Å². The fraction of sp³-hybridized carbons (Fsp3) is 0.867. The number of piperidine rings is 1. The van der Waals surface area contributed by atoms with Crippen molar-refractivity contribution >= 4 is 11.9 Å². The summed E-state index contributed by atoms with van der Waals surface area (Å²) in [5, 5.41) is 3.37. The summed E-state index contributed by atoms with van der Waals surface area (Å²) in [6, 6.07) is -0.386. The Kier molecular flexibility index (Phi) is 4.68. The molecule has 0 aromatic heterocycles. The van der Waals surface area contributed by atoms with E-state index in [0.717, 1.165) is 38.8 Å². The van der Waals surface area contributed by atoms with Crippen molar-refractivity contribution in [1.29, 1.82) is 0 Å². The van der Waals surface area contributed by atoms with E-state index in [1.807, 2.05) is 13.8 Å². The van der Waals surface area contributed by atoms with Crippen LogP contribution in [0.25, 0.3) is 0 Å². The van der Waals surface area contributed by atoms with Crippen molar-refractivity contribution in [1.82, 2.24) is 10.2 Å². The first kappa shape index (κ1) is 15.3. The summed E-state index contributed by atoms with van der Waals surface area (Å²) in [5.41, 5.74) is -0.427. The molecule has 0 spiro atoms. The van der Waals surface area contributed by atoms with Crippen LogP contribution in [0.5, 0.6) is 0 Å². The fourth-order valence-electron chi connectivity index (χ4n) is 3.40. The lowest BCUT2D eigenvalue weighted by Crippen LogP contribution is -2.51. The standard InChI is InChI=1S/C15H26N2O3/c1-15(2,11-6-4-8-16-10-11)14(19)17-9-5-7-12(17)13(18)20-3/h11-12,16H,4-10H2,1-3H3. The number of rotatable bonds is 3. The molecular formula is C15H26N2O3. The van der Waals surface area contributed by atoms with E-state index in [9.17, 15) is 9.59 Å². The highest BCUT2D eigenvalue weighted by Gasteiger charge is 2.44. The van der Waals surface area contributed by atoms with E-state index in [-0.39, 0.29) is 17.9 Å². The number of nitrogens with one attached hydrogen (secondary N) is 1. The second-order valence-electron chi connectivity index (χ2n) is 6.44. The van der Waals surface area contributed by atoms with E-state index in [1.165, 1.54) is 7.11 Å². The largest absolute Gasteiger partial charge is 0.467 e. The third-order valence-electron chi connectivity index (χ3n) is 4.86. The molecule has 0 aliphatic carbocycles. The smallest absolute Gasteiger partial charge is 0.328 e. The minimum Gasteiger partial charge on any atom is -0.467 e. The van der Waals surface area contributed by atoms with Crippen LogP contribution in [-0.2, 0) is 14.3 Å². The normalized spacial score (nSPS) is 27.4. The Bertz CT molecular complexity index is 375. The van der Waals surface area contributed by atoms with Crippen LogP contribution >= 0.6 is 0 Å². The molecule has 0 aromatic carbocycles. The van der Waals surface area contributed by atoms with Gasteiger partial charge in [-0.15, -0.1) is 0 Å². The second-order valence-corrected chi connectivity index (χ2v) is 6.44. The van der Waals surface area contributed by atoms with Crippen molar-refractivity contribution in [3.63, 3.8) is 0 Å². The first-order valence-electron chi connectivity index (χ1n) is 7.58. The summed E-state index contributed by atoms with van der Waals surface area (Å²) in [5.74, 6) is 0.148. The first-order chi connectivity index (χ1) is 9.48. The number of methoxy groups -OCH3 is 1. The van der Waals surface area contributed by atoms with Crippen molar-refractivity contribution in [3.05, 3.63) is 0 Å². The SMILES string of the molecule is COC(=O)C1CCCN1C(=O)C(C)(C)C1CCCNC1. The van der Waals surface area contributed by atoms with Crippen LogP contribution in [0, 0.1) is 11.3 Å². The van der Waals surface area contributed by atoms with Crippen LogP contribution in [-0.4, -0.2) is 49.6 Å². The molecule has 0 saturated carbocycles. The Hall–Kier alpha value is -1.10. The van der Waals surface area contributed by atoms with E-state index < -0.39 is 5.41 Å². The molecule has 20 heavy (non-hydrogen) atoms. The summed E-state index contributed by atoms with van der Waals surface area (Å²) in [4.78, 5) is 26.4. The van der Waals surface area contributed by atoms with Gasteiger partial charge in [0.25, 0.3) is 0 Å². The topological polar surface area (TPSA) is 58.6 Å². The van der Waals surface area contributed by atoms with Gasteiger partial charge < -0.3 is 15.0 Å². The van der Waals surface area contributed by atoms with Crippen LogP contribution in [0.3, 0.4) is 0 Å².